The number of hydrogen-bond donors (Lipinski definition) is 0. The first-order valence-electron chi connectivity index (χ1n) is 9.44. The highest BCUT2D eigenvalue weighted by Gasteiger charge is 2.28. The van der Waals surface area contributed by atoms with Gasteiger partial charge in [0.2, 0.25) is 0 Å². The first-order chi connectivity index (χ1) is 13.3. The lowest BCUT2D eigenvalue weighted by Crippen LogP contribution is -2.29. The van der Waals surface area contributed by atoms with Gasteiger partial charge in [0.15, 0.2) is 0 Å². The summed E-state index contributed by atoms with van der Waals surface area (Å²) in [5.74, 6) is 1.65. The molecule has 0 aliphatic carbocycles. The number of methoxy groups -OCH3 is 2. The molecular weight excluding hydrogens is 336 g/mol. The number of hydrogen-bond acceptors (Lipinski definition) is 3. The number of aryl methyl sites for hydroxylation is 1. The molecule has 0 N–H and O–H groups in total. The molecule has 27 heavy (non-hydrogen) atoms. The molecule has 1 aliphatic heterocycles. The Balaban J connectivity index is 1.79. The summed E-state index contributed by atoms with van der Waals surface area (Å²) in [6.45, 7) is 3.00. The zero-order valence-electron chi connectivity index (χ0n) is 16.0. The highest BCUT2D eigenvalue weighted by molar-refractivity contribution is 5.42. The monoisotopic (exact) mass is 362 g/mol. The Morgan fingerprint density at radius 1 is 0.889 bits per heavy atom. The van der Waals surface area contributed by atoms with Crippen molar-refractivity contribution in [3.63, 3.8) is 0 Å². The van der Waals surface area contributed by atoms with Gasteiger partial charge in [-0.1, -0.05) is 30.3 Å². The zero-order valence-corrected chi connectivity index (χ0v) is 16.0. The Labute approximate surface area is 161 Å². The molecule has 0 saturated carbocycles. The van der Waals surface area contributed by atoms with E-state index in [2.05, 4.69) is 70.3 Å². The fourth-order valence-electron chi connectivity index (χ4n) is 4.00. The molecule has 1 atom stereocenters. The van der Waals surface area contributed by atoms with Crippen LogP contribution in [-0.2, 0) is 13.1 Å². The van der Waals surface area contributed by atoms with E-state index in [9.17, 15) is 0 Å². The average Bonchev–Trinajstić information content (AvgIpc) is 3.09. The van der Waals surface area contributed by atoms with Gasteiger partial charge in [0.1, 0.15) is 11.5 Å². The predicted molar refractivity (Wildman–Crippen MR) is 107 cm³/mol. The van der Waals surface area contributed by atoms with Gasteiger partial charge in [-0.25, -0.2) is 0 Å². The molecule has 4 nitrogen and oxygen atoms in total. The number of fused-ring (bicyclic) bond motifs is 1. The molecule has 2 aromatic carbocycles. The van der Waals surface area contributed by atoms with Crippen LogP contribution < -0.4 is 9.47 Å². The molecule has 0 unspecified atom stereocenters. The van der Waals surface area contributed by atoms with Crippen LogP contribution >= 0.6 is 0 Å². The lowest BCUT2D eigenvalue weighted by molar-refractivity contribution is 0.219. The van der Waals surface area contributed by atoms with Crippen molar-refractivity contribution in [1.82, 2.24) is 9.47 Å². The number of ether oxygens (including phenoxy) is 2. The van der Waals surface area contributed by atoms with Crippen LogP contribution in [0.15, 0.2) is 66.9 Å². The molecule has 1 aromatic heterocycles. The molecule has 0 bridgehead atoms. The van der Waals surface area contributed by atoms with Crippen LogP contribution in [0.5, 0.6) is 11.5 Å². The molecule has 4 heteroatoms. The van der Waals surface area contributed by atoms with Crippen molar-refractivity contribution in [1.29, 1.82) is 0 Å². The van der Waals surface area contributed by atoms with E-state index in [4.69, 9.17) is 9.47 Å². The molecule has 0 fully saturated rings. The summed E-state index contributed by atoms with van der Waals surface area (Å²) < 4.78 is 13.5. The summed E-state index contributed by atoms with van der Waals surface area (Å²) in [5, 5.41) is 0. The van der Waals surface area contributed by atoms with E-state index in [0.717, 1.165) is 37.6 Å². The minimum absolute atomic E-state index is 0.159. The maximum atomic E-state index is 5.54. The smallest absolute Gasteiger partial charge is 0.122 e. The molecule has 3 aromatic rings. The Bertz CT molecular complexity index is 866. The minimum Gasteiger partial charge on any atom is -0.497 e. The van der Waals surface area contributed by atoms with Gasteiger partial charge in [0.25, 0.3) is 0 Å². The molecular formula is C23H26N2O2. The Morgan fingerprint density at radius 3 is 2.33 bits per heavy atom. The third-order valence-corrected chi connectivity index (χ3v) is 5.27. The van der Waals surface area contributed by atoms with Gasteiger partial charge in [0.05, 0.1) is 20.3 Å². The lowest BCUT2D eigenvalue weighted by Gasteiger charge is -2.31. The Morgan fingerprint density at radius 2 is 1.63 bits per heavy atom. The number of rotatable bonds is 5. The molecule has 140 valence electrons. The fourth-order valence-corrected chi connectivity index (χ4v) is 4.00. The van der Waals surface area contributed by atoms with Crippen LogP contribution in [0.1, 0.15) is 29.3 Å². The van der Waals surface area contributed by atoms with E-state index in [1.165, 1.54) is 16.8 Å². The van der Waals surface area contributed by atoms with E-state index < -0.39 is 0 Å². The number of aromatic nitrogens is 1. The molecule has 1 aliphatic rings. The topological polar surface area (TPSA) is 26.6 Å². The summed E-state index contributed by atoms with van der Waals surface area (Å²) in [6, 6.07) is 21.4. The first kappa shape index (κ1) is 17.7. The Kier molecular flexibility index (Phi) is 5.16. The van der Waals surface area contributed by atoms with Gasteiger partial charge in [0, 0.05) is 37.6 Å². The summed E-state index contributed by atoms with van der Waals surface area (Å²) in [6.07, 6.45) is 3.32. The quantitative estimate of drug-likeness (QED) is 0.668. The molecule has 0 radical (unpaired) electrons. The van der Waals surface area contributed by atoms with Crippen LogP contribution in [0.3, 0.4) is 0 Å². The second-order valence-corrected chi connectivity index (χ2v) is 6.98. The molecule has 0 saturated heterocycles. The summed E-state index contributed by atoms with van der Waals surface area (Å²) in [5.41, 5.74) is 3.85. The maximum Gasteiger partial charge on any atom is 0.122 e. The lowest BCUT2D eigenvalue weighted by atomic mass is 10.00. The zero-order chi connectivity index (χ0) is 18.6. The van der Waals surface area contributed by atoms with Crippen molar-refractivity contribution in [3.05, 3.63) is 83.7 Å². The third kappa shape index (κ3) is 3.71. The van der Waals surface area contributed by atoms with Gasteiger partial charge >= 0.3 is 0 Å². The van der Waals surface area contributed by atoms with Gasteiger partial charge in [-0.05, 0) is 41.8 Å². The largest absolute Gasteiger partial charge is 0.497 e. The molecule has 4 rings (SSSR count). The van der Waals surface area contributed by atoms with Crippen molar-refractivity contribution in [2.75, 3.05) is 20.8 Å². The molecule has 0 spiro atoms. The number of benzene rings is 2. The summed E-state index contributed by atoms with van der Waals surface area (Å²) >= 11 is 0. The number of nitrogens with zero attached hydrogens (tertiary/aromatic N) is 2. The van der Waals surface area contributed by atoms with Crippen LogP contribution in [-0.4, -0.2) is 30.2 Å². The van der Waals surface area contributed by atoms with Crippen LogP contribution in [0.4, 0.5) is 0 Å². The van der Waals surface area contributed by atoms with Gasteiger partial charge in [-0.2, -0.15) is 0 Å². The van der Waals surface area contributed by atoms with Crippen molar-refractivity contribution >= 4 is 0 Å². The first-order valence-corrected chi connectivity index (χ1v) is 9.44. The van der Waals surface area contributed by atoms with E-state index in [1.54, 1.807) is 14.2 Å². The van der Waals surface area contributed by atoms with E-state index >= 15 is 0 Å². The summed E-state index contributed by atoms with van der Waals surface area (Å²) in [4.78, 5) is 2.56. The normalized spacial score (nSPS) is 17.2. The maximum absolute atomic E-state index is 5.54. The standard InChI is InChI=1S/C23H26N2O2/c1-26-20-14-19(15-21(16-20)27-2)23-22-10-6-11-24(22)12-7-13-25(23)17-18-8-4-3-5-9-18/h3-6,8-11,14-16,23H,7,12-13,17H2,1-2H3/t23-/m0/s1. The second-order valence-electron chi connectivity index (χ2n) is 6.98. The van der Waals surface area contributed by atoms with Gasteiger partial charge in [-0.3, -0.25) is 4.90 Å². The van der Waals surface area contributed by atoms with Crippen molar-refractivity contribution < 1.29 is 9.47 Å². The SMILES string of the molecule is COc1cc(OC)cc([C@H]2c3cccn3CCCN2Cc2ccccc2)c1. The van der Waals surface area contributed by atoms with E-state index in [0.29, 0.717) is 0 Å². The van der Waals surface area contributed by atoms with Gasteiger partial charge in [-0.15, -0.1) is 0 Å². The average molecular weight is 362 g/mol. The van der Waals surface area contributed by atoms with Crippen molar-refractivity contribution in [3.8, 4) is 11.5 Å². The summed E-state index contributed by atoms with van der Waals surface area (Å²) in [7, 11) is 3.41. The van der Waals surface area contributed by atoms with Crippen molar-refractivity contribution in [2.45, 2.75) is 25.6 Å². The molecule has 2 heterocycles. The van der Waals surface area contributed by atoms with Crippen molar-refractivity contribution in [2.24, 2.45) is 0 Å². The molecule has 0 amide bonds. The highest BCUT2D eigenvalue weighted by Crippen LogP contribution is 2.36. The highest BCUT2D eigenvalue weighted by atomic mass is 16.5. The van der Waals surface area contributed by atoms with Crippen LogP contribution in [0.25, 0.3) is 0 Å². The fraction of sp³-hybridized carbons (Fsp3) is 0.304. The second kappa shape index (κ2) is 7.89. The minimum atomic E-state index is 0.159. The van der Waals surface area contributed by atoms with E-state index in [-0.39, 0.29) is 6.04 Å². The van der Waals surface area contributed by atoms with Gasteiger partial charge < -0.3 is 14.0 Å². The van der Waals surface area contributed by atoms with Crippen LogP contribution in [0, 0.1) is 0 Å². The third-order valence-electron chi connectivity index (χ3n) is 5.27. The Hall–Kier alpha value is -2.72. The van der Waals surface area contributed by atoms with E-state index in [1.807, 2.05) is 6.07 Å². The predicted octanol–water partition coefficient (Wildman–Crippen LogP) is 4.50. The van der Waals surface area contributed by atoms with Crippen LogP contribution in [0.2, 0.25) is 0 Å².